The van der Waals surface area contributed by atoms with Crippen LogP contribution in [0.5, 0.6) is 0 Å². The van der Waals surface area contributed by atoms with Crippen LogP contribution in [0, 0.1) is 0 Å². The summed E-state index contributed by atoms with van der Waals surface area (Å²) in [6, 6.07) is 3.96. The number of anilines is 2. The van der Waals surface area contributed by atoms with Gasteiger partial charge in [0.1, 0.15) is 5.82 Å². The van der Waals surface area contributed by atoms with E-state index in [0.717, 1.165) is 13.1 Å². The molecule has 0 unspecified atom stereocenters. The van der Waals surface area contributed by atoms with Gasteiger partial charge in [0.05, 0.1) is 11.9 Å². The number of nitrogen functional groups attached to an aromatic ring is 1. The van der Waals surface area contributed by atoms with Crippen LogP contribution < -0.4 is 10.6 Å². The Morgan fingerprint density at radius 1 is 1.00 bits per heavy atom. The zero-order chi connectivity index (χ0) is 14.9. The van der Waals surface area contributed by atoms with Crippen molar-refractivity contribution in [2.45, 2.75) is 45.4 Å². The van der Waals surface area contributed by atoms with E-state index in [1.54, 1.807) is 0 Å². The van der Waals surface area contributed by atoms with Crippen LogP contribution in [-0.2, 0) is 0 Å². The average Bonchev–Trinajstić information content (AvgIpc) is 2.52. The van der Waals surface area contributed by atoms with Crippen molar-refractivity contribution in [3.8, 4) is 0 Å². The van der Waals surface area contributed by atoms with Gasteiger partial charge in [-0.2, -0.15) is 0 Å². The van der Waals surface area contributed by atoms with Gasteiger partial charge in [0.25, 0.3) is 0 Å². The molecule has 1 aliphatic rings. The van der Waals surface area contributed by atoms with Crippen LogP contribution in [0.2, 0.25) is 0 Å². The molecule has 1 saturated heterocycles. The molecule has 1 aliphatic heterocycles. The van der Waals surface area contributed by atoms with E-state index in [0.29, 0.717) is 5.82 Å². The molecule has 0 saturated carbocycles. The third-order valence-electron chi connectivity index (χ3n) is 4.34. The van der Waals surface area contributed by atoms with Gasteiger partial charge in [0.2, 0.25) is 0 Å². The van der Waals surface area contributed by atoms with Crippen molar-refractivity contribution in [3.63, 3.8) is 0 Å². The van der Waals surface area contributed by atoms with Crippen LogP contribution >= 0.6 is 0 Å². The van der Waals surface area contributed by atoms with E-state index >= 15 is 0 Å². The van der Waals surface area contributed by atoms with Gasteiger partial charge < -0.3 is 10.6 Å². The molecule has 118 valence electrons. The quantitative estimate of drug-likeness (QED) is 0.747. The van der Waals surface area contributed by atoms with Gasteiger partial charge in [-0.1, -0.05) is 39.0 Å². The second-order valence-corrected chi connectivity index (χ2v) is 6.04. The second kappa shape index (κ2) is 8.88. The molecule has 21 heavy (non-hydrogen) atoms. The van der Waals surface area contributed by atoms with Gasteiger partial charge in [-0.25, -0.2) is 4.98 Å². The number of rotatable bonds is 8. The molecule has 4 heteroatoms. The summed E-state index contributed by atoms with van der Waals surface area (Å²) >= 11 is 0. The minimum Gasteiger partial charge on any atom is -0.384 e. The first-order valence-corrected chi connectivity index (χ1v) is 8.48. The molecule has 2 rings (SSSR count). The first-order chi connectivity index (χ1) is 10.3. The van der Waals surface area contributed by atoms with E-state index in [4.69, 9.17) is 5.73 Å². The van der Waals surface area contributed by atoms with E-state index in [2.05, 4.69) is 27.8 Å². The Morgan fingerprint density at radius 3 is 2.38 bits per heavy atom. The lowest BCUT2D eigenvalue weighted by molar-refractivity contribution is 0.252. The van der Waals surface area contributed by atoms with E-state index in [1.807, 2.05) is 12.3 Å². The number of piperazine rings is 1. The highest BCUT2D eigenvalue weighted by Gasteiger charge is 2.16. The predicted molar refractivity (Wildman–Crippen MR) is 90.7 cm³/mol. The van der Waals surface area contributed by atoms with Gasteiger partial charge in [0, 0.05) is 26.2 Å². The average molecular weight is 290 g/mol. The normalized spacial score (nSPS) is 16.3. The number of hydrogen-bond donors (Lipinski definition) is 1. The van der Waals surface area contributed by atoms with E-state index in [-0.39, 0.29) is 0 Å². The van der Waals surface area contributed by atoms with E-state index in [1.165, 1.54) is 63.8 Å². The topological polar surface area (TPSA) is 45.4 Å². The van der Waals surface area contributed by atoms with Gasteiger partial charge in [0.15, 0.2) is 0 Å². The van der Waals surface area contributed by atoms with Crippen LogP contribution in [0.25, 0.3) is 0 Å². The largest absolute Gasteiger partial charge is 0.384 e. The minimum absolute atomic E-state index is 0.598. The highest BCUT2D eigenvalue weighted by molar-refractivity contribution is 5.48. The number of unbranched alkanes of at least 4 members (excludes halogenated alkanes) is 5. The van der Waals surface area contributed by atoms with Crippen molar-refractivity contribution < 1.29 is 0 Å². The molecule has 0 bridgehead atoms. The van der Waals surface area contributed by atoms with Crippen molar-refractivity contribution in [2.24, 2.45) is 0 Å². The summed E-state index contributed by atoms with van der Waals surface area (Å²) in [5.41, 5.74) is 6.84. The lowest BCUT2D eigenvalue weighted by atomic mass is 10.1. The molecule has 0 radical (unpaired) electrons. The molecule has 0 atom stereocenters. The zero-order valence-electron chi connectivity index (χ0n) is 13.4. The number of hydrogen-bond acceptors (Lipinski definition) is 4. The summed E-state index contributed by atoms with van der Waals surface area (Å²) in [7, 11) is 0. The molecular weight excluding hydrogens is 260 g/mol. The van der Waals surface area contributed by atoms with Crippen molar-refractivity contribution >= 4 is 11.5 Å². The molecule has 2 N–H and O–H groups in total. The Bertz CT molecular complexity index is 382. The van der Waals surface area contributed by atoms with Crippen LogP contribution in [0.3, 0.4) is 0 Å². The van der Waals surface area contributed by atoms with Gasteiger partial charge in [-0.15, -0.1) is 0 Å². The van der Waals surface area contributed by atoms with Crippen LogP contribution in [0.4, 0.5) is 11.5 Å². The Labute approximate surface area is 129 Å². The fourth-order valence-electron chi connectivity index (χ4n) is 2.93. The molecule has 0 aromatic carbocycles. The van der Waals surface area contributed by atoms with Crippen LogP contribution in [0.15, 0.2) is 18.3 Å². The maximum Gasteiger partial charge on any atom is 0.123 e. The summed E-state index contributed by atoms with van der Waals surface area (Å²) in [5.74, 6) is 0.598. The highest BCUT2D eigenvalue weighted by Crippen LogP contribution is 2.16. The van der Waals surface area contributed by atoms with Gasteiger partial charge in [-0.3, -0.25) is 4.90 Å². The maximum atomic E-state index is 5.64. The van der Waals surface area contributed by atoms with Gasteiger partial charge in [-0.05, 0) is 25.1 Å². The fraction of sp³-hybridized carbons (Fsp3) is 0.706. The third kappa shape index (κ3) is 5.54. The summed E-state index contributed by atoms with van der Waals surface area (Å²) in [6.07, 6.45) is 10.2. The predicted octanol–water partition coefficient (Wildman–Crippen LogP) is 3.15. The van der Waals surface area contributed by atoms with Crippen LogP contribution in [0.1, 0.15) is 45.4 Å². The van der Waals surface area contributed by atoms with Crippen molar-refractivity contribution in [2.75, 3.05) is 43.4 Å². The number of nitrogens with zero attached hydrogens (tertiary/aromatic N) is 3. The van der Waals surface area contributed by atoms with Gasteiger partial charge >= 0.3 is 0 Å². The lowest BCUT2D eigenvalue weighted by Gasteiger charge is -2.36. The third-order valence-corrected chi connectivity index (χ3v) is 4.34. The molecule has 1 aromatic rings. The monoisotopic (exact) mass is 290 g/mol. The minimum atomic E-state index is 0.598. The Balaban J connectivity index is 1.61. The van der Waals surface area contributed by atoms with Crippen molar-refractivity contribution in [1.29, 1.82) is 0 Å². The number of nitrogens with two attached hydrogens (primary N) is 1. The molecule has 1 aromatic heterocycles. The first kappa shape index (κ1) is 16.1. The molecular formula is C17H30N4. The molecule has 0 spiro atoms. The fourth-order valence-corrected chi connectivity index (χ4v) is 2.93. The molecule has 1 fully saturated rings. The lowest BCUT2D eigenvalue weighted by Crippen LogP contribution is -2.46. The first-order valence-electron chi connectivity index (χ1n) is 8.48. The number of pyridine rings is 1. The SMILES string of the molecule is CCCCCCCCN1CCN(c2ccc(N)nc2)CC1. The Kier molecular flexibility index (Phi) is 6.80. The molecule has 0 aliphatic carbocycles. The summed E-state index contributed by atoms with van der Waals surface area (Å²) in [6.45, 7) is 8.07. The molecule has 2 heterocycles. The maximum absolute atomic E-state index is 5.64. The van der Waals surface area contributed by atoms with E-state index in [9.17, 15) is 0 Å². The second-order valence-electron chi connectivity index (χ2n) is 6.04. The zero-order valence-corrected chi connectivity index (χ0v) is 13.4. The highest BCUT2D eigenvalue weighted by atomic mass is 15.3. The molecule has 4 nitrogen and oxygen atoms in total. The van der Waals surface area contributed by atoms with Crippen molar-refractivity contribution in [3.05, 3.63) is 18.3 Å². The summed E-state index contributed by atoms with van der Waals surface area (Å²) in [5, 5.41) is 0. The standard InChI is InChI=1S/C17H30N4/c1-2-3-4-5-6-7-10-20-11-13-21(14-12-20)16-8-9-17(18)19-15-16/h8-9,15H,2-7,10-14H2,1H3,(H2,18,19). The Morgan fingerprint density at radius 2 is 1.71 bits per heavy atom. The van der Waals surface area contributed by atoms with Crippen LogP contribution in [-0.4, -0.2) is 42.6 Å². The summed E-state index contributed by atoms with van der Waals surface area (Å²) in [4.78, 5) is 9.19. The van der Waals surface area contributed by atoms with Crippen molar-refractivity contribution in [1.82, 2.24) is 9.88 Å². The summed E-state index contributed by atoms with van der Waals surface area (Å²) < 4.78 is 0. The number of aromatic nitrogens is 1. The smallest absolute Gasteiger partial charge is 0.123 e. The Hall–Kier alpha value is -1.29. The molecule has 0 amide bonds. The van der Waals surface area contributed by atoms with E-state index < -0.39 is 0 Å².